The van der Waals surface area contributed by atoms with Gasteiger partial charge in [0.2, 0.25) is 0 Å². The van der Waals surface area contributed by atoms with Crippen molar-refractivity contribution in [1.29, 1.82) is 0 Å². The molecule has 2 aromatic rings. The number of rotatable bonds is 6. The first-order chi connectivity index (χ1) is 11.1. The molecule has 1 aromatic carbocycles. The monoisotopic (exact) mass is 352 g/mol. The molecular formula is C16H17ClN2O3S. The molecule has 122 valence electrons. The molecule has 0 fully saturated rings. The first-order valence-electron chi connectivity index (χ1n) is 6.95. The summed E-state index contributed by atoms with van der Waals surface area (Å²) in [6, 6.07) is 8.96. The maximum Gasteiger partial charge on any atom is 0.309 e. The Labute approximate surface area is 143 Å². The van der Waals surface area contributed by atoms with Crippen molar-refractivity contribution in [3.63, 3.8) is 0 Å². The molecule has 2 rings (SSSR count). The summed E-state index contributed by atoms with van der Waals surface area (Å²) in [6.07, 6.45) is -0.269. The Kier molecular flexibility index (Phi) is 6.58. The van der Waals surface area contributed by atoms with Crippen LogP contribution in [0.15, 0.2) is 41.1 Å². The molecule has 1 heterocycles. The highest BCUT2D eigenvalue weighted by Crippen LogP contribution is 2.18. The first kappa shape index (κ1) is 17.5. The van der Waals surface area contributed by atoms with Crippen LogP contribution in [0.2, 0.25) is 5.02 Å². The number of methoxy groups -OCH3 is 1. The first-order valence-corrected chi connectivity index (χ1v) is 8.27. The summed E-state index contributed by atoms with van der Waals surface area (Å²) in [5.41, 5.74) is 1.84. The second-order valence-corrected chi connectivity index (χ2v) is 6.02. The smallest absolute Gasteiger partial charge is 0.309 e. The highest BCUT2D eigenvalue weighted by Gasteiger charge is 2.17. The van der Waals surface area contributed by atoms with Crippen LogP contribution in [0.4, 0.5) is 0 Å². The van der Waals surface area contributed by atoms with Gasteiger partial charge in [-0.05, 0) is 40.1 Å². The van der Waals surface area contributed by atoms with Crippen LogP contribution in [-0.4, -0.2) is 25.5 Å². The van der Waals surface area contributed by atoms with Crippen LogP contribution in [0.3, 0.4) is 0 Å². The Hall–Kier alpha value is -1.89. The van der Waals surface area contributed by atoms with Crippen LogP contribution in [-0.2, 0) is 20.9 Å². The van der Waals surface area contributed by atoms with Crippen LogP contribution in [0, 0.1) is 0 Å². The van der Waals surface area contributed by atoms with Gasteiger partial charge in [-0.15, -0.1) is 0 Å². The van der Waals surface area contributed by atoms with Gasteiger partial charge in [0.15, 0.2) is 0 Å². The maximum atomic E-state index is 11.8. The number of nitrogens with one attached hydrogen (secondary N) is 2. The molecule has 2 N–H and O–H groups in total. The minimum Gasteiger partial charge on any atom is -0.375 e. The lowest BCUT2D eigenvalue weighted by molar-refractivity contribution is -0.139. The van der Waals surface area contributed by atoms with Gasteiger partial charge in [-0.25, -0.2) is 0 Å². The van der Waals surface area contributed by atoms with E-state index in [-0.39, 0.29) is 19.2 Å². The molecule has 0 radical (unpaired) electrons. The van der Waals surface area contributed by atoms with Gasteiger partial charge in [0, 0.05) is 25.2 Å². The van der Waals surface area contributed by atoms with E-state index in [0.717, 1.165) is 11.1 Å². The van der Waals surface area contributed by atoms with Crippen molar-refractivity contribution >= 4 is 34.8 Å². The van der Waals surface area contributed by atoms with Crippen molar-refractivity contribution in [3.05, 3.63) is 57.2 Å². The Morgan fingerprint density at radius 3 is 2.48 bits per heavy atom. The molecule has 0 unspecified atom stereocenters. The molecule has 1 aromatic heterocycles. The normalized spacial score (nSPS) is 11.7. The molecule has 23 heavy (non-hydrogen) atoms. The van der Waals surface area contributed by atoms with Crippen LogP contribution in [0.1, 0.15) is 17.2 Å². The van der Waals surface area contributed by atoms with E-state index >= 15 is 0 Å². The van der Waals surface area contributed by atoms with E-state index < -0.39 is 11.8 Å². The minimum absolute atomic E-state index is 0.237. The van der Waals surface area contributed by atoms with Gasteiger partial charge in [0.1, 0.15) is 6.10 Å². The lowest BCUT2D eigenvalue weighted by atomic mass is 10.2. The van der Waals surface area contributed by atoms with Crippen molar-refractivity contribution < 1.29 is 14.3 Å². The number of halogens is 1. The SMILES string of the molecule is CO[C@H](CNC(=O)C(=O)NCc1ccc(Cl)cc1)c1ccsc1. The lowest BCUT2D eigenvalue weighted by Crippen LogP contribution is -2.41. The third-order valence-electron chi connectivity index (χ3n) is 3.22. The largest absolute Gasteiger partial charge is 0.375 e. The Balaban J connectivity index is 1.78. The molecule has 0 bridgehead atoms. The quantitative estimate of drug-likeness (QED) is 0.785. The zero-order valence-corrected chi connectivity index (χ0v) is 14.1. The fourth-order valence-corrected chi connectivity index (χ4v) is 2.75. The third kappa shape index (κ3) is 5.35. The maximum absolute atomic E-state index is 11.8. The number of thiophene rings is 1. The summed E-state index contributed by atoms with van der Waals surface area (Å²) in [7, 11) is 1.56. The molecule has 1 atom stereocenters. The molecule has 5 nitrogen and oxygen atoms in total. The molecule has 0 aliphatic carbocycles. The highest BCUT2D eigenvalue weighted by atomic mass is 35.5. The standard InChI is InChI=1S/C16H17ClN2O3S/c1-22-14(12-6-7-23-10-12)9-19-16(21)15(20)18-8-11-2-4-13(17)5-3-11/h2-7,10,14H,8-9H2,1H3,(H,18,20)(H,19,21)/t14-/m1/s1. The number of carbonyl (C=O) groups excluding carboxylic acids is 2. The number of ether oxygens (including phenoxy) is 1. The number of amides is 2. The zero-order chi connectivity index (χ0) is 16.7. The summed E-state index contributed by atoms with van der Waals surface area (Å²) in [5, 5.41) is 9.64. The lowest BCUT2D eigenvalue weighted by Gasteiger charge is -2.14. The van der Waals surface area contributed by atoms with E-state index in [1.54, 1.807) is 42.7 Å². The summed E-state index contributed by atoms with van der Waals surface area (Å²) in [5.74, 6) is -1.36. The summed E-state index contributed by atoms with van der Waals surface area (Å²) in [6.45, 7) is 0.502. The van der Waals surface area contributed by atoms with E-state index in [0.29, 0.717) is 5.02 Å². The predicted molar refractivity (Wildman–Crippen MR) is 90.4 cm³/mol. The highest BCUT2D eigenvalue weighted by molar-refractivity contribution is 7.07. The van der Waals surface area contributed by atoms with Crippen LogP contribution < -0.4 is 10.6 Å². The van der Waals surface area contributed by atoms with Crippen molar-refractivity contribution in [2.45, 2.75) is 12.6 Å². The molecule has 0 saturated heterocycles. The van der Waals surface area contributed by atoms with E-state index in [4.69, 9.17) is 16.3 Å². The van der Waals surface area contributed by atoms with Crippen LogP contribution >= 0.6 is 22.9 Å². The van der Waals surface area contributed by atoms with Gasteiger partial charge >= 0.3 is 11.8 Å². The summed E-state index contributed by atoms with van der Waals surface area (Å²) >= 11 is 7.34. The Morgan fingerprint density at radius 2 is 1.87 bits per heavy atom. The number of carbonyl (C=O) groups is 2. The molecular weight excluding hydrogens is 336 g/mol. The van der Waals surface area contributed by atoms with Gasteiger partial charge in [-0.3, -0.25) is 9.59 Å². The third-order valence-corrected chi connectivity index (χ3v) is 4.17. The van der Waals surface area contributed by atoms with Crippen molar-refractivity contribution in [2.75, 3.05) is 13.7 Å². The van der Waals surface area contributed by atoms with Gasteiger partial charge < -0.3 is 15.4 Å². The van der Waals surface area contributed by atoms with Gasteiger partial charge in [-0.2, -0.15) is 11.3 Å². The molecule has 0 spiro atoms. The van der Waals surface area contributed by atoms with E-state index in [1.165, 1.54) is 0 Å². The fourth-order valence-electron chi connectivity index (χ4n) is 1.93. The second-order valence-electron chi connectivity index (χ2n) is 4.80. The van der Waals surface area contributed by atoms with Crippen LogP contribution in [0.5, 0.6) is 0 Å². The minimum atomic E-state index is -0.684. The summed E-state index contributed by atoms with van der Waals surface area (Å²) in [4.78, 5) is 23.6. The van der Waals surface area contributed by atoms with Crippen molar-refractivity contribution in [1.82, 2.24) is 10.6 Å². The average Bonchev–Trinajstić information content (AvgIpc) is 3.08. The van der Waals surface area contributed by atoms with Crippen LogP contribution in [0.25, 0.3) is 0 Å². The predicted octanol–water partition coefficient (Wildman–Crippen LogP) is 2.52. The van der Waals surface area contributed by atoms with E-state index in [1.807, 2.05) is 16.8 Å². The number of hydrogen-bond donors (Lipinski definition) is 2. The molecule has 0 aliphatic rings. The summed E-state index contributed by atoms with van der Waals surface area (Å²) < 4.78 is 5.31. The Morgan fingerprint density at radius 1 is 1.17 bits per heavy atom. The van der Waals surface area contributed by atoms with E-state index in [2.05, 4.69) is 10.6 Å². The van der Waals surface area contributed by atoms with Gasteiger partial charge in [-0.1, -0.05) is 23.7 Å². The van der Waals surface area contributed by atoms with Gasteiger partial charge in [0.25, 0.3) is 0 Å². The molecule has 0 saturated carbocycles. The van der Waals surface area contributed by atoms with E-state index in [9.17, 15) is 9.59 Å². The van der Waals surface area contributed by atoms with Gasteiger partial charge in [0.05, 0.1) is 0 Å². The van der Waals surface area contributed by atoms with Crippen molar-refractivity contribution in [2.24, 2.45) is 0 Å². The molecule has 7 heteroatoms. The van der Waals surface area contributed by atoms with Crippen molar-refractivity contribution in [3.8, 4) is 0 Å². The number of benzene rings is 1. The molecule has 2 amide bonds. The number of hydrogen-bond acceptors (Lipinski definition) is 4. The Bertz CT molecular complexity index is 644. The second kappa shape index (κ2) is 8.67. The fraction of sp³-hybridized carbons (Fsp3) is 0.250. The average molecular weight is 353 g/mol. The molecule has 0 aliphatic heterocycles. The topological polar surface area (TPSA) is 67.4 Å². The zero-order valence-electron chi connectivity index (χ0n) is 12.5.